The van der Waals surface area contributed by atoms with Gasteiger partial charge < -0.3 is 20.5 Å². The molecule has 1 unspecified atom stereocenters. The Bertz CT molecular complexity index is 1130. The van der Waals surface area contributed by atoms with Crippen molar-refractivity contribution in [3.05, 3.63) is 84.9 Å². The van der Waals surface area contributed by atoms with E-state index in [2.05, 4.69) is 17.2 Å². The highest BCUT2D eigenvalue weighted by Crippen LogP contribution is 2.26. The van der Waals surface area contributed by atoms with Gasteiger partial charge in [0.1, 0.15) is 22.8 Å². The van der Waals surface area contributed by atoms with Gasteiger partial charge in [0, 0.05) is 22.8 Å². The zero-order chi connectivity index (χ0) is 21.5. The topological polar surface area (TPSA) is 69.4 Å². The molecule has 0 saturated heterocycles. The van der Waals surface area contributed by atoms with Gasteiger partial charge in [0.15, 0.2) is 0 Å². The molecule has 0 aliphatic heterocycles. The Hall–Kier alpha value is -3.73. The maximum Gasteiger partial charge on any atom is 0.146 e. The summed E-state index contributed by atoms with van der Waals surface area (Å²) in [5, 5.41) is 4.40. The van der Waals surface area contributed by atoms with Crippen LogP contribution in [0.1, 0.15) is 19.8 Å². The zero-order valence-electron chi connectivity index (χ0n) is 17.6. The summed E-state index contributed by atoms with van der Waals surface area (Å²) in [5.74, 6) is 2.11. The van der Waals surface area contributed by atoms with E-state index < -0.39 is 0 Å². The molecule has 0 radical (unpaired) electrons. The summed E-state index contributed by atoms with van der Waals surface area (Å²) in [6.07, 6.45) is 1.81. The van der Waals surface area contributed by atoms with Crippen LogP contribution in [0.2, 0.25) is 0 Å². The maximum atomic E-state index is 6.14. The number of nitrogens with two attached hydrogens (primary N) is 1. The summed E-state index contributed by atoms with van der Waals surface area (Å²) in [7, 11) is 0. The Labute approximate surface area is 182 Å². The third-order valence-electron chi connectivity index (χ3n) is 4.95. The van der Waals surface area contributed by atoms with Crippen LogP contribution in [0.3, 0.4) is 0 Å². The normalized spacial score (nSPS) is 11.8. The Morgan fingerprint density at radius 2 is 1.71 bits per heavy atom. The molecule has 5 heteroatoms. The van der Waals surface area contributed by atoms with Crippen LogP contribution in [0.15, 0.2) is 84.9 Å². The molecule has 5 nitrogen and oxygen atoms in total. The quantitative estimate of drug-likeness (QED) is 0.320. The molecular weight excluding hydrogens is 386 g/mol. The largest absolute Gasteiger partial charge is 0.494 e. The van der Waals surface area contributed by atoms with Gasteiger partial charge in [0.25, 0.3) is 0 Å². The van der Waals surface area contributed by atoms with E-state index in [1.54, 1.807) is 6.07 Å². The van der Waals surface area contributed by atoms with Crippen LogP contribution in [0, 0.1) is 0 Å². The first kappa shape index (κ1) is 20.5. The zero-order valence-corrected chi connectivity index (χ0v) is 17.6. The van der Waals surface area contributed by atoms with E-state index in [4.69, 9.17) is 15.2 Å². The number of anilines is 3. The molecule has 3 N–H and O–H groups in total. The molecule has 3 aromatic carbocycles. The minimum absolute atomic E-state index is 0.0449. The first-order valence-electron chi connectivity index (χ1n) is 10.5. The lowest BCUT2D eigenvalue weighted by Gasteiger charge is -2.16. The third-order valence-corrected chi connectivity index (χ3v) is 4.95. The Morgan fingerprint density at radius 1 is 0.903 bits per heavy atom. The van der Waals surface area contributed by atoms with Gasteiger partial charge in [0.05, 0.1) is 12.7 Å². The van der Waals surface area contributed by atoms with Crippen molar-refractivity contribution in [1.29, 1.82) is 0 Å². The van der Waals surface area contributed by atoms with Crippen LogP contribution < -0.4 is 20.5 Å². The molecule has 4 aromatic rings. The van der Waals surface area contributed by atoms with Crippen molar-refractivity contribution >= 4 is 28.1 Å². The van der Waals surface area contributed by atoms with Gasteiger partial charge in [0.2, 0.25) is 0 Å². The van der Waals surface area contributed by atoms with Gasteiger partial charge >= 0.3 is 0 Å². The summed E-state index contributed by atoms with van der Waals surface area (Å²) >= 11 is 0. The lowest BCUT2D eigenvalue weighted by atomic mass is 10.2. The summed E-state index contributed by atoms with van der Waals surface area (Å²) < 4.78 is 12.1. The van der Waals surface area contributed by atoms with Gasteiger partial charge in [-0.1, -0.05) is 36.4 Å². The van der Waals surface area contributed by atoms with Gasteiger partial charge in [-0.15, -0.1) is 0 Å². The van der Waals surface area contributed by atoms with Crippen molar-refractivity contribution in [1.82, 2.24) is 4.98 Å². The Kier molecular flexibility index (Phi) is 6.53. The number of para-hydroxylation sites is 2. The van der Waals surface area contributed by atoms with Gasteiger partial charge in [-0.2, -0.15) is 0 Å². The Morgan fingerprint density at radius 3 is 2.58 bits per heavy atom. The lowest BCUT2D eigenvalue weighted by molar-refractivity contribution is 0.195. The van der Waals surface area contributed by atoms with E-state index in [0.717, 1.165) is 46.6 Å². The first-order chi connectivity index (χ1) is 15.2. The molecule has 31 heavy (non-hydrogen) atoms. The van der Waals surface area contributed by atoms with Gasteiger partial charge in [-0.05, 0) is 62.2 Å². The van der Waals surface area contributed by atoms with Crippen molar-refractivity contribution in [2.24, 2.45) is 0 Å². The van der Waals surface area contributed by atoms with Crippen molar-refractivity contribution in [2.75, 3.05) is 17.7 Å². The number of hydrogen-bond acceptors (Lipinski definition) is 5. The number of rotatable bonds is 9. The number of benzene rings is 3. The number of nitrogens with zero attached hydrogens (tertiary/aromatic N) is 1. The highest BCUT2D eigenvalue weighted by molar-refractivity contribution is 5.85. The van der Waals surface area contributed by atoms with Gasteiger partial charge in [-0.3, -0.25) is 0 Å². The number of fused-ring (bicyclic) bond motifs is 1. The van der Waals surface area contributed by atoms with E-state index in [-0.39, 0.29) is 6.10 Å². The molecule has 1 atom stereocenters. The molecule has 158 valence electrons. The second-order valence-corrected chi connectivity index (χ2v) is 7.50. The fourth-order valence-electron chi connectivity index (χ4n) is 3.42. The second kappa shape index (κ2) is 9.85. The minimum atomic E-state index is 0.0449. The monoisotopic (exact) mass is 413 g/mol. The second-order valence-electron chi connectivity index (χ2n) is 7.50. The molecule has 0 saturated carbocycles. The molecule has 1 aromatic heterocycles. The number of nitrogens with one attached hydrogen (secondary N) is 1. The van der Waals surface area contributed by atoms with E-state index in [9.17, 15) is 0 Å². The maximum absolute atomic E-state index is 6.14. The van der Waals surface area contributed by atoms with Crippen molar-refractivity contribution in [3.8, 4) is 11.5 Å². The SMILES string of the molecule is CC(CCCOc1cccc(Nc2ccccc2)c1)Oc1cccc2ccc(N)nc12. The fraction of sp³-hybridized carbons (Fsp3) is 0.192. The van der Waals surface area contributed by atoms with Crippen LogP contribution in [0.25, 0.3) is 10.9 Å². The van der Waals surface area contributed by atoms with E-state index in [0.29, 0.717) is 12.4 Å². The molecule has 0 aliphatic rings. The molecule has 1 heterocycles. The Balaban J connectivity index is 1.27. The summed E-state index contributed by atoms with van der Waals surface area (Å²) in [6, 6.07) is 27.8. The number of ether oxygens (including phenoxy) is 2. The minimum Gasteiger partial charge on any atom is -0.494 e. The highest BCUT2D eigenvalue weighted by atomic mass is 16.5. The van der Waals surface area contributed by atoms with E-state index >= 15 is 0 Å². The number of hydrogen-bond donors (Lipinski definition) is 2. The van der Waals surface area contributed by atoms with E-state index in [1.807, 2.05) is 78.9 Å². The van der Waals surface area contributed by atoms with Crippen LogP contribution in [-0.4, -0.2) is 17.7 Å². The van der Waals surface area contributed by atoms with Crippen LogP contribution >= 0.6 is 0 Å². The average Bonchev–Trinajstić information content (AvgIpc) is 2.78. The third kappa shape index (κ3) is 5.66. The van der Waals surface area contributed by atoms with Crippen molar-refractivity contribution < 1.29 is 9.47 Å². The molecule has 0 amide bonds. The molecule has 0 fully saturated rings. The molecule has 0 aliphatic carbocycles. The highest BCUT2D eigenvalue weighted by Gasteiger charge is 2.09. The molecule has 0 spiro atoms. The molecule has 0 bridgehead atoms. The summed E-state index contributed by atoms with van der Waals surface area (Å²) in [5.41, 5.74) is 8.70. The van der Waals surface area contributed by atoms with Crippen LogP contribution in [0.4, 0.5) is 17.2 Å². The fourth-order valence-corrected chi connectivity index (χ4v) is 3.42. The smallest absolute Gasteiger partial charge is 0.146 e. The predicted octanol–water partition coefficient (Wildman–Crippen LogP) is 6.19. The van der Waals surface area contributed by atoms with Crippen molar-refractivity contribution in [3.63, 3.8) is 0 Å². The average molecular weight is 414 g/mol. The molecular formula is C26H27N3O2. The lowest BCUT2D eigenvalue weighted by Crippen LogP contribution is -2.13. The predicted molar refractivity (Wildman–Crippen MR) is 127 cm³/mol. The van der Waals surface area contributed by atoms with Crippen LogP contribution in [-0.2, 0) is 0 Å². The standard InChI is InChI=1S/C26H27N3O2/c1-19(31-24-14-5-9-20-15-16-25(27)29-26(20)24)8-7-17-30-23-13-6-12-22(18-23)28-21-10-3-2-4-11-21/h2-6,9-16,18-19,28H,7-8,17H2,1H3,(H2,27,29). The number of pyridine rings is 1. The summed E-state index contributed by atoms with van der Waals surface area (Å²) in [6.45, 7) is 2.69. The first-order valence-corrected chi connectivity index (χ1v) is 10.5. The van der Waals surface area contributed by atoms with Gasteiger partial charge in [-0.25, -0.2) is 4.98 Å². The van der Waals surface area contributed by atoms with Crippen LogP contribution in [0.5, 0.6) is 11.5 Å². The molecule has 4 rings (SSSR count). The summed E-state index contributed by atoms with van der Waals surface area (Å²) in [4.78, 5) is 4.43. The number of aromatic nitrogens is 1. The number of nitrogen functional groups attached to an aromatic ring is 1. The van der Waals surface area contributed by atoms with Crippen molar-refractivity contribution in [2.45, 2.75) is 25.9 Å². The van der Waals surface area contributed by atoms with E-state index in [1.165, 1.54) is 0 Å².